The number of nitrogens with zero attached hydrogens (tertiary/aromatic N) is 2. The van der Waals surface area contributed by atoms with Crippen molar-refractivity contribution in [2.24, 2.45) is 5.92 Å². The molecule has 1 aromatic heterocycles. The fourth-order valence-corrected chi connectivity index (χ4v) is 5.36. The molecular formula is C21H24FN2NaO4S. The molecule has 9 heteroatoms. The summed E-state index contributed by atoms with van der Waals surface area (Å²) in [5.41, 5.74) is 0.805. The quantitative estimate of drug-likeness (QED) is 0.485. The zero-order valence-corrected chi connectivity index (χ0v) is 19.6. The van der Waals surface area contributed by atoms with E-state index in [9.17, 15) is 17.6 Å². The van der Waals surface area contributed by atoms with Gasteiger partial charge in [0.25, 0.3) is 0 Å². The number of allylic oxidation sites excluding steroid dienone is 2. The van der Waals surface area contributed by atoms with E-state index in [1.807, 2.05) is 18.2 Å². The molecule has 30 heavy (non-hydrogen) atoms. The third-order valence-electron chi connectivity index (χ3n) is 5.05. The number of rotatable bonds is 8. The van der Waals surface area contributed by atoms with E-state index in [0.29, 0.717) is 25.8 Å². The summed E-state index contributed by atoms with van der Waals surface area (Å²) < 4.78 is 41.2. The molecule has 1 aromatic carbocycles. The summed E-state index contributed by atoms with van der Waals surface area (Å²) in [6.45, 7) is 0.354. The predicted molar refractivity (Wildman–Crippen MR) is 107 cm³/mol. The summed E-state index contributed by atoms with van der Waals surface area (Å²) in [4.78, 5) is 14.8. The minimum Gasteiger partial charge on any atom is -1.00 e. The van der Waals surface area contributed by atoms with Crippen LogP contribution in [-0.2, 0) is 14.8 Å². The first kappa shape index (κ1) is 24.7. The zero-order chi connectivity index (χ0) is 20.9. The van der Waals surface area contributed by atoms with Gasteiger partial charge in [-0.15, -0.1) is 0 Å². The average Bonchev–Trinajstić information content (AvgIpc) is 3.13. The van der Waals surface area contributed by atoms with Gasteiger partial charge < -0.3 is 6.53 Å². The van der Waals surface area contributed by atoms with E-state index in [2.05, 4.69) is 4.98 Å². The van der Waals surface area contributed by atoms with E-state index in [1.165, 1.54) is 16.4 Å². The normalized spacial score (nSPS) is 19.6. The second-order valence-corrected chi connectivity index (χ2v) is 8.88. The van der Waals surface area contributed by atoms with E-state index < -0.39 is 21.8 Å². The van der Waals surface area contributed by atoms with Crippen LogP contribution in [0.1, 0.15) is 38.7 Å². The van der Waals surface area contributed by atoms with E-state index >= 15 is 0 Å². The SMILES string of the molecule is O=C(O)CC/C=C\C[C@@H]1CCN(S(=O)(=O)c2ccc(F)cc2)[C@@H]1c1cccnc1.[H-].[Na+]. The maximum atomic E-state index is 13.2. The number of sulfonamides is 1. The number of benzene rings is 1. The van der Waals surface area contributed by atoms with Crippen LogP contribution in [0.25, 0.3) is 0 Å². The molecule has 1 aliphatic heterocycles. The van der Waals surface area contributed by atoms with E-state index in [1.54, 1.807) is 18.5 Å². The fraction of sp³-hybridized carbons (Fsp3) is 0.333. The van der Waals surface area contributed by atoms with Crippen LogP contribution in [0.3, 0.4) is 0 Å². The number of aromatic nitrogens is 1. The number of halogens is 1. The van der Waals surface area contributed by atoms with Crippen molar-refractivity contribution in [3.63, 3.8) is 0 Å². The summed E-state index contributed by atoms with van der Waals surface area (Å²) in [5.74, 6) is -1.30. The van der Waals surface area contributed by atoms with Crippen LogP contribution in [0.5, 0.6) is 0 Å². The Labute approximate surface area is 199 Å². The van der Waals surface area contributed by atoms with E-state index in [0.717, 1.165) is 17.7 Å². The summed E-state index contributed by atoms with van der Waals surface area (Å²) in [5, 5.41) is 8.73. The Morgan fingerprint density at radius 2 is 2.00 bits per heavy atom. The number of carbonyl (C=O) groups is 1. The van der Waals surface area contributed by atoms with Crippen molar-refractivity contribution in [3.05, 3.63) is 72.3 Å². The Morgan fingerprint density at radius 1 is 1.27 bits per heavy atom. The van der Waals surface area contributed by atoms with Crippen LogP contribution in [0.2, 0.25) is 0 Å². The minimum absolute atomic E-state index is 0. The second-order valence-electron chi connectivity index (χ2n) is 6.99. The predicted octanol–water partition coefficient (Wildman–Crippen LogP) is 0.900. The van der Waals surface area contributed by atoms with Crippen LogP contribution >= 0.6 is 0 Å². The first-order chi connectivity index (χ1) is 13.9. The first-order valence-corrected chi connectivity index (χ1v) is 10.9. The Balaban J connectivity index is 0.00000240. The standard InChI is InChI=1S/C21H23FN2O4S.Na.H/c22-18-8-10-19(11-9-18)29(27,28)24-14-12-16(5-2-1-3-7-20(25)26)21(24)17-6-4-13-23-15-17;;/h1-2,4,6,8-11,13,15-16,21H,3,5,7,12,14H2,(H,25,26);;/q;+1;-1/b2-1-;;/t16-,21+;;/m1../s1. The Bertz CT molecular complexity index is 975. The van der Waals surface area contributed by atoms with Crippen molar-refractivity contribution in [3.8, 4) is 0 Å². The van der Waals surface area contributed by atoms with Crippen LogP contribution in [-0.4, -0.2) is 35.3 Å². The summed E-state index contributed by atoms with van der Waals surface area (Å²) in [7, 11) is -3.80. The first-order valence-electron chi connectivity index (χ1n) is 9.43. The van der Waals surface area contributed by atoms with E-state index in [4.69, 9.17) is 5.11 Å². The molecule has 0 amide bonds. The Kier molecular flexibility index (Phi) is 9.18. The van der Waals surface area contributed by atoms with Crippen molar-refractivity contribution in [1.29, 1.82) is 0 Å². The van der Waals surface area contributed by atoms with Crippen LogP contribution in [0, 0.1) is 11.7 Å². The van der Waals surface area contributed by atoms with Gasteiger partial charge >= 0.3 is 35.5 Å². The molecule has 0 unspecified atom stereocenters. The van der Waals surface area contributed by atoms with Gasteiger partial charge in [0.1, 0.15) is 5.82 Å². The molecule has 0 spiro atoms. The number of carboxylic acids is 1. The van der Waals surface area contributed by atoms with Gasteiger partial charge in [0.15, 0.2) is 0 Å². The molecule has 0 saturated carbocycles. The van der Waals surface area contributed by atoms with Gasteiger partial charge in [-0.2, -0.15) is 4.31 Å². The average molecular weight is 442 g/mol. The molecule has 1 saturated heterocycles. The van der Waals surface area contributed by atoms with Crippen molar-refractivity contribution >= 4 is 16.0 Å². The number of pyridine rings is 1. The molecule has 1 aliphatic rings. The van der Waals surface area contributed by atoms with Crippen LogP contribution in [0.4, 0.5) is 4.39 Å². The third kappa shape index (κ3) is 5.98. The number of hydrogen-bond acceptors (Lipinski definition) is 4. The maximum Gasteiger partial charge on any atom is 1.00 e. The number of aliphatic carboxylic acids is 1. The molecule has 156 valence electrons. The zero-order valence-electron chi connectivity index (χ0n) is 17.8. The molecule has 0 aliphatic carbocycles. The molecule has 6 nitrogen and oxygen atoms in total. The maximum absolute atomic E-state index is 13.2. The molecule has 2 atom stereocenters. The largest absolute Gasteiger partial charge is 1.00 e. The molecule has 2 heterocycles. The topological polar surface area (TPSA) is 87.6 Å². The van der Waals surface area contributed by atoms with Gasteiger partial charge in [0, 0.05) is 25.4 Å². The van der Waals surface area contributed by atoms with Crippen molar-refractivity contribution in [2.75, 3.05) is 6.54 Å². The molecule has 0 radical (unpaired) electrons. The third-order valence-corrected chi connectivity index (χ3v) is 6.95. The van der Waals surface area contributed by atoms with Crippen molar-refractivity contribution < 1.29 is 53.7 Å². The number of carboxylic acid groups (broad SMARTS) is 1. The molecule has 3 rings (SSSR count). The van der Waals surface area contributed by atoms with Crippen LogP contribution < -0.4 is 29.6 Å². The van der Waals surface area contributed by atoms with Gasteiger partial charge in [-0.05, 0) is 61.1 Å². The Morgan fingerprint density at radius 3 is 2.63 bits per heavy atom. The molecular weight excluding hydrogens is 418 g/mol. The minimum atomic E-state index is -3.80. The van der Waals surface area contributed by atoms with Gasteiger partial charge in [0.05, 0.1) is 10.9 Å². The van der Waals surface area contributed by atoms with Gasteiger partial charge in [-0.1, -0.05) is 18.2 Å². The molecule has 2 aromatic rings. The van der Waals surface area contributed by atoms with Crippen molar-refractivity contribution in [1.82, 2.24) is 9.29 Å². The van der Waals surface area contributed by atoms with Gasteiger partial charge in [-0.25, -0.2) is 12.8 Å². The summed E-state index contributed by atoms with van der Waals surface area (Å²) in [6, 6.07) is 8.10. The van der Waals surface area contributed by atoms with Gasteiger partial charge in [0.2, 0.25) is 10.0 Å². The molecule has 0 bridgehead atoms. The fourth-order valence-electron chi connectivity index (χ4n) is 3.67. The second kappa shape index (κ2) is 11.2. The van der Waals surface area contributed by atoms with Gasteiger partial charge in [-0.3, -0.25) is 9.78 Å². The molecule has 1 N–H and O–H groups in total. The van der Waals surface area contributed by atoms with Crippen molar-refractivity contribution in [2.45, 2.75) is 36.6 Å². The molecule has 1 fully saturated rings. The monoisotopic (exact) mass is 442 g/mol. The van der Waals surface area contributed by atoms with E-state index in [-0.39, 0.29) is 54.3 Å². The smallest absolute Gasteiger partial charge is 1.00 e. The Hall–Kier alpha value is -1.58. The number of hydrogen-bond donors (Lipinski definition) is 1. The van der Waals surface area contributed by atoms with Crippen LogP contribution in [0.15, 0.2) is 65.8 Å². The summed E-state index contributed by atoms with van der Waals surface area (Å²) >= 11 is 0. The summed E-state index contributed by atoms with van der Waals surface area (Å²) in [6.07, 6.45) is 8.87.